The largest absolute Gasteiger partial charge is 0.407 e. The average Bonchev–Trinajstić information content (AvgIpc) is 3.20. The fourth-order valence-corrected chi connectivity index (χ4v) is 3.40. The summed E-state index contributed by atoms with van der Waals surface area (Å²) in [6, 6.07) is 4.35. The zero-order valence-corrected chi connectivity index (χ0v) is 13.0. The highest BCUT2D eigenvalue weighted by Crippen LogP contribution is 2.45. The molecular weight excluding hydrogens is 268 g/mol. The van der Waals surface area contributed by atoms with E-state index in [0.29, 0.717) is 11.2 Å². The van der Waals surface area contributed by atoms with Gasteiger partial charge in [0, 0.05) is 10.8 Å². The summed E-state index contributed by atoms with van der Waals surface area (Å²) < 4.78 is 8.24. The first-order chi connectivity index (χ1) is 9.83. The molecule has 2 aromatic heterocycles. The van der Waals surface area contributed by atoms with Gasteiger partial charge in [0.15, 0.2) is 0 Å². The number of rotatable bonds is 7. The van der Waals surface area contributed by atoms with Gasteiger partial charge in [-0.25, -0.2) is 4.98 Å². The highest BCUT2D eigenvalue weighted by molar-refractivity contribution is 7.95. The SMILES string of the molecule is CCCC(CC)SOc1c(C2CC2)ccc2cncn12. The van der Waals surface area contributed by atoms with E-state index >= 15 is 0 Å². The minimum Gasteiger partial charge on any atom is -0.407 e. The first kappa shape index (κ1) is 13.8. The lowest BCUT2D eigenvalue weighted by Gasteiger charge is -2.16. The third-order valence-corrected chi connectivity index (χ3v) is 5.01. The van der Waals surface area contributed by atoms with Crippen LogP contribution in [0.4, 0.5) is 0 Å². The maximum Gasteiger partial charge on any atom is 0.217 e. The van der Waals surface area contributed by atoms with Crippen molar-refractivity contribution in [1.29, 1.82) is 0 Å². The molecule has 0 N–H and O–H groups in total. The standard InChI is InChI=1S/C16H22N2OS/c1-3-5-14(4-2)20-19-16-15(12-6-7-12)9-8-13-10-17-11-18(13)16/h8-12,14H,3-7H2,1-2H3. The molecule has 0 aliphatic heterocycles. The van der Waals surface area contributed by atoms with Gasteiger partial charge in [-0.3, -0.25) is 4.40 Å². The lowest BCUT2D eigenvalue weighted by atomic mass is 10.2. The molecule has 1 fully saturated rings. The number of imidazole rings is 1. The first-order valence-corrected chi connectivity index (χ1v) is 8.42. The summed E-state index contributed by atoms with van der Waals surface area (Å²) in [5.74, 6) is 1.67. The molecule has 0 amide bonds. The predicted molar refractivity (Wildman–Crippen MR) is 84.4 cm³/mol. The Hall–Kier alpha value is -1.16. The molecule has 0 bridgehead atoms. The minimum atomic E-state index is 0.575. The summed E-state index contributed by atoms with van der Waals surface area (Å²) in [5, 5.41) is 0.575. The number of nitrogens with zero attached hydrogens (tertiary/aromatic N) is 2. The molecule has 108 valence electrons. The Morgan fingerprint density at radius 2 is 2.25 bits per heavy atom. The quantitative estimate of drug-likeness (QED) is 0.684. The van der Waals surface area contributed by atoms with E-state index in [1.54, 1.807) is 12.0 Å². The van der Waals surface area contributed by atoms with E-state index in [1.165, 1.54) is 31.2 Å². The molecular formula is C16H22N2OS. The normalized spacial score (nSPS) is 16.5. The molecule has 1 unspecified atom stereocenters. The second kappa shape index (κ2) is 6.08. The van der Waals surface area contributed by atoms with Crippen LogP contribution in [0.2, 0.25) is 0 Å². The zero-order valence-electron chi connectivity index (χ0n) is 12.2. The second-order valence-electron chi connectivity index (χ2n) is 5.56. The van der Waals surface area contributed by atoms with Crippen LogP contribution in [0.1, 0.15) is 57.4 Å². The van der Waals surface area contributed by atoms with Crippen LogP contribution in [0.15, 0.2) is 24.7 Å². The Kier molecular flexibility index (Phi) is 4.20. The molecule has 0 aromatic carbocycles. The van der Waals surface area contributed by atoms with Crippen molar-refractivity contribution in [2.45, 2.75) is 57.1 Å². The van der Waals surface area contributed by atoms with Crippen molar-refractivity contribution < 1.29 is 4.18 Å². The van der Waals surface area contributed by atoms with Gasteiger partial charge in [-0.2, -0.15) is 0 Å². The molecule has 1 aliphatic carbocycles. The average molecular weight is 290 g/mol. The van der Waals surface area contributed by atoms with Crippen LogP contribution in [0.25, 0.3) is 5.52 Å². The summed E-state index contributed by atoms with van der Waals surface area (Å²) in [6.07, 6.45) is 9.88. The summed E-state index contributed by atoms with van der Waals surface area (Å²) in [7, 11) is 0. The van der Waals surface area contributed by atoms with Crippen LogP contribution in [-0.4, -0.2) is 14.6 Å². The Bertz CT molecular complexity index is 577. The fourth-order valence-electron chi connectivity index (χ4n) is 2.53. The third kappa shape index (κ3) is 2.80. The highest BCUT2D eigenvalue weighted by atomic mass is 32.2. The monoisotopic (exact) mass is 290 g/mol. The number of hydrogen-bond donors (Lipinski definition) is 0. The molecule has 2 aromatic rings. The van der Waals surface area contributed by atoms with Crippen molar-refractivity contribution in [3.05, 3.63) is 30.2 Å². The van der Waals surface area contributed by atoms with Gasteiger partial charge in [0.05, 0.1) is 23.8 Å². The molecule has 1 atom stereocenters. The van der Waals surface area contributed by atoms with Gasteiger partial charge in [0.1, 0.15) is 6.33 Å². The summed E-state index contributed by atoms with van der Waals surface area (Å²) in [5.41, 5.74) is 2.45. The lowest BCUT2D eigenvalue weighted by Crippen LogP contribution is -2.05. The highest BCUT2D eigenvalue weighted by Gasteiger charge is 2.28. The van der Waals surface area contributed by atoms with E-state index in [1.807, 2.05) is 12.5 Å². The molecule has 0 saturated heterocycles. The van der Waals surface area contributed by atoms with E-state index in [4.69, 9.17) is 4.18 Å². The van der Waals surface area contributed by atoms with Crippen LogP contribution >= 0.6 is 12.0 Å². The maximum atomic E-state index is 6.16. The van der Waals surface area contributed by atoms with Gasteiger partial charge in [0.25, 0.3) is 0 Å². The molecule has 3 nitrogen and oxygen atoms in total. The molecule has 1 aliphatic rings. The van der Waals surface area contributed by atoms with E-state index in [9.17, 15) is 0 Å². The predicted octanol–water partition coefficient (Wildman–Crippen LogP) is 4.82. The van der Waals surface area contributed by atoms with Crippen LogP contribution < -0.4 is 4.18 Å². The number of hydrogen-bond acceptors (Lipinski definition) is 3. The van der Waals surface area contributed by atoms with Gasteiger partial charge in [-0.1, -0.05) is 26.3 Å². The van der Waals surface area contributed by atoms with Crippen molar-refractivity contribution in [3.63, 3.8) is 0 Å². The van der Waals surface area contributed by atoms with Gasteiger partial charge in [0.2, 0.25) is 5.88 Å². The Balaban J connectivity index is 1.84. The van der Waals surface area contributed by atoms with Gasteiger partial charge in [-0.05, 0) is 37.7 Å². The fraction of sp³-hybridized carbons (Fsp3) is 0.562. The summed E-state index contributed by atoms with van der Waals surface area (Å²) >= 11 is 1.63. The Morgan fingerprint density at radius 3 is 2.95 bits per heavy atom. The van der Waals surface area contributed by atoms with Crippen molar-refractivity contribution in [1.82, 2.24) is 9.38 Å². The topological polar surface area (TPSA) is 26.5 Å². The Morgan fingerprint density at radius 1 is 1.40 bits per heavy atom. The van der Waals surface area contributed by atoms with Crippen molar-refractivity contribution in [2.24, 2.45) is 0 Å². The third-order valence-electron chi connectivity index (χ3n) is 3.91. The summed E-state index contributed by atoms with van der Waals surface area (Å²) in [4.78, 5) is 4.24. The molecule has 0 radical (unpaired) electrons. The first-order valence-electron chi connectivity index (χ1n) is 7.61. The van der Waals surface area contributed by atoms with Crippen molar-refractivity contribution >= 4 is 17.6 Å². The zero-order chi connectivity index (χ0) is 13.9. The number of fused-ring (bicyclic) bond motifs is 1. The number of pyridine rings is 1. The van der Waals surface area contributed by atoms with Crippen LogP contribution in [-0.2, 0) is 0 Å². The van der Waals surface area contributed by atoms with E-state index in [2.05, 4.69) is 35.4 Å². The second-order valence-corrected chi connectivity index (χ2v) is 6.58. The van der Waals surface area contributed by atoms with E-state index < -0.39 is 0 Å². The van der Waals surface area contributed by atoms with E-state index in [0.717, 1.165) is 17.8 Å². The van der Waals surface area contributed by atoms with E-state index in [-0.39, 0.29) is 0 Å². The molecule has 0 spiro atoms. The van der Waals surface area contributed by atoms with Crippen molar-refractivity contribution in [3.8, 4) is 5.88 Å². The Labute approximate surface area is 124 Å². The molecule has 3 rings (SSSR count). The maximum absolute atomic E-state index is 6.16. The van der Waals surface area contributed by atoms with Gasteiger partial charge < -0.3 is 4.18 Å². The molecule has 1 saturated carbocycles. The molecule has 20 heavy (non-hydrogen) atoms. The lowest BCUT2D eigenvalue weighted by molar-refractivity contribution is 0.573. The van der Waals surface area contributed by atoms with Crippen LogP contribution in [0.5, 0.6) is 5.88 Å². The molecule has 4 heteroatoms. The molecule has 2 heterocycles. The van der Waals surface area contributed by atoms with Gasteiger partial charge >= 0.3 is 0 Å². The van der Waals surface area contributed by atoms with Crippen molar-refractivity contribution in [2.75, 3.05) is 0 Å². The van der Waals surface area contributed by atoms with Gasteiger partial charge in [-0.15, -0.1) is 0 Å². The van der Waals surface area contributed by atoms with Crippen LogP contribution in [0, 0.1) is 0 Å². The van der Waals surface area contributed by atoms with Crippen LogP contribution in [0.3, 0.4) is 0 Å². The number of aromatic nitrogens is 2. The smallest absolute Gasteiger partial charge is 0.217 e. The summed E-state index contributed by atoms with van der Waals surface area (Å²) in [6.45, 7) is 4.46. The minimum absolute atomic E-state index is 0.575.